The van der Waals surface area contributed by atoms with Gasteiger partial charge in [-0.2, -0.15) is 11.8 Å². The fraction of sp³-hybridized carbons (Fsp3) is 0.310. The molecule has 196 valence electrons. The molecule has 0 saturated heterocycles. The van der Waals surface area contributed by atoms with Crippen LogP contribution < -0.4 is 9.47 Å². The molecule has 0 fully saturated rings. The van der Waals surface area contributed by atoms with E-state index in [1.165, 1.54) is 0 Å². The molecule has 0 heterocycles. The van der Waals surface area contributed by atoms with Gasteiger partial charge >= 0.3 is 5.97 Å². The maximum absolute atomic E-state index is 13.7. The van der Waals surface area contributed by atoms with Gasteiger partial charge in [0.05, 0.1) is 27.5 Å². The number of carboxylic acids is 1. The Bertz CT molecular complexity index is 1270. The number of ketones is 1. The Morgan fingerprint density at radius 2 is 1.73 bits per heavy atom. The van der Waals surface area contributed by atoms with Crippen LogP contribution in [0.15, 0.2) is 57.5 Å². The van der Waals surface area contributed by atoms with E-state index in [-0.39, 0.29) is 18.1 Å². The molecule has 0 atom stereocenters. The second-order valence-electron chi connectivity index (χ2n) is 8.85. The molecule has 0 radical (unpaired) electrons. The van der Waals surface area contributed by atoms with Crippen LogP contribution in [0.3, 0.4) is 0 Å². The first-order valence-corrected chi connectivity index (χ1v) is 14.7. The lowest BCUT2D eigenvalue weighted by atomic mass is 9.95. The van der Waals surface area contributed by atoms with E-state index in [0.29, 0.717) is 49.5 Å². The summed E-state index contributed by atoms with van der Waals surface area (Å²) in [7, 11) is 0. The summed E-state index contributed by atoms with van der Waals surface area (Å²) in [6, 6.07) is 14.5. The van der Waals surface area contributed by atoms with Gasteiger partial charge in [0, 0.05) is 16.9 Å². The molecular weight excluding hydrogens is 620 g/mol. The van der Waals surface area contributed by atoms with Crippen LogP contribution in [0.1, 0.15) is 59.3 Å². The van der Waals surface area contributed by atoms with Crippen molar-refractivity contribution < 1.29 is 24.2 Å². The van der Waals surface area contributed by atoms with Crippen molar-refractivity contribution in [2.75, 3.05) is 18.1 Å². The number of aliphatic carboxylic acids is 1. The standard InChI is InChI=1S/C29H30Br2O5S/c1-5-37-10-9-35-25-16-22(28(34)20-8-6-7-18(4)11-20)26(15-21(25)17(2)3)36-29-23(30)12-19(13-24(29)31)14-27(32)33/h6-8,11-13,15-17H,5,9-10,14H2,1-4H3,(H,32,33). The van der Waals surface area contributed by atoms with E-state index in [4.69, 9.17) is 14.6 Å². The van der Waals surface area contributed by atoms with Gasteiger partial charge in [0.25, 0.3) is 0 Å². The van der Waals surface area contributed by atoms with E-state index in [1.54, 1.807) is 36.0 Å². The van der Waals surface area contributed by atoms with Crippen molar-refractivity contribution in [2.24, 2.45) is 0 Å². The average Bonchev–Trinajstić information content (AvgIpc) is 2.83. The lowest BCUT2D eigenvalue weighted by Crippen LogP contribution is -2.09. The average molecular weight is 650 g/mol. The topological polar surface area (TPSA) is 72.8 Å². The van der Waals surface area contributed by atoms with Crippen LogP contribution >= 0.6 is 43.6 Å². The summed E-state index contributed by atoms with van der Waals surface area (Å²) in [5.74, 6) is 2.43. The minimum atomic E-state index is -0.923. The van der Waals surface area contributed by atoms with Gasteiger partial charge in [-0.25, -0.2) is 0 Å². The molecule has 0 aliphatic rings. The molecule has 8 heteroatoms. The molecular formula is C29H30Br2O5S. The Hall–Kier alpha value is -2.29. The highest BCUT2D eigenvalue weighted by atomic mass is 79.9. The molecule has 3 rings (SSSR count). The number of hydrogen-bond donors (Lipinski definition) is 1. The molecule has 0 aliphatic heterocycles. The quantitative estimate of drug-likeness (QED) is 0.157. The van der Waals surface area contributed by atoms with Gasteiger partial charge < -0.3 is 14.6 Å². The lowest BCUT2D eigenvalue weighted by Gasteiger charge is -2.20. The third-order valence-corrected chi connectivity index (χ3v) is 7.62. The number of rotatable bonds is 12. The molecule has 0 aliphatic carbocycles. The highest BCUT2D eigenvalue weighted by molar-refractivity contribution is 9.11. The van der Waals surface area contributed by atoms with Crippen molar-refractivity contribution in [1.29, 1.82) is 0 Å². The Labute approximate surface area is 239 Å². The van der Waals surface area contributed by atoms with Crippen LogP contribution in [-0.2, 0) is 11.2 Å². The first kappa shape index (κ1) is 29.3. The van der Waals surface area contributed by atoms with Gasteiger partial charge in [0.1, 0.15) is 11.5 Å². The first-order valence-electron chi connectivity index (χ1n) is 12.0. The van der Waals surface area contributed by atoms with Crippen molar-refractivity contribution in [1.82, 2.24) is 0 Å². The smallest absolute Gasteiger partial charge is 0.307 e. The Kier molecular flexibility index (Phi) is 10.7. The number of carboxylic acid groups (broad SMARTS) is 1. The van der Waals surface area contributed by atoms with Gasteiger partial charge in [-0.15, -0.1) is 0 Å². The second kappa shape index (κ2) is 13.5. The van der Waals surface area contributed by atoms with Crippen molar-refractivity contribution in [3.63, 3.8) is 0 Å². The molecule has 3 aromatic carbocycles. The van der Waals surface area contributed by atoms with Gasteiger partial charge in [0.2, 0.25) is 0 Å². The minimum absolute atomic E-state index is 0.117. The lowest BCUT2D eigenvalue weighted by molar-refractivity contribution is -0.136. The van der Waals surface area contributed by atoms with Gasteiger partial charge in [0.15, 0.2) is 11.5 Å². The molecule has 0 spiro atoms. The minimum Gasteiger partial charge on any atom is -0.492 e. The zero-order chi connectivity index (χ0) is 27.1. The molecule has 37 heavy (non-hydrogen) atoms. The second-order valence-corrected chi connectivity index (χ2v) is 11.9. The summed E-state index contributed by atoms with van der Waals surface area (Å²) in [5.41, 5.74) is 3.49. The van der Waals surface area contributed by atoms with Crippen LogP contribution in [0.4, 0.5) is 0 Å². The highest BCUT2D eigenvalue weighted by Crippen LogP contribution is 2.42. The molecule has 0 amide bonds. The maximum atomic E-state index is 13.7. The Morgan fingerprint density at radius 1 is 1.03 bits per heavy atom. The molecule has 5 nitrogen and oxygen atoms in total. The van der Waals surface area contributed by atoms with Crippen molar-refractivity contribution >= 4 is 55.4 Å². The van der Waals surface area contributed by atoms with E-state index in [0.717, 1.165) is 22.6 Å². The number of halogens is 2. The van der Waals surface area contributed by atoms with Crippen LogP contribution in [0.2, 0.25) is 0 Å². The monoisotopic (exact) mass is 648 g/mol. The first-order chi connectivity index (χ1) is 17.6. The molecule has 3 aromatic rings. The summed E-state index contributed by atoms with van der Waals surface area (Å²) >= 11 is 8.82. The van der Waals surface area contributed by atoms with Crippen LogP contribution in [0.5, 0.6) is 17.2 Å². The number of thioether (sulfide) groups is 1. The molecule has 0 unspecified atom stereocenters. The molecule has 0 bridgehead atoms. The SMILES string of the molecule is CCSCCOc1cc(C(=O)c2cccc(C)c2)c(Oc2c(Br)cc(CC(=O)O)cc2Br)cc1C(C)C. The maximum Gasteiger partial charge on any atom is 0.307 e. The van der Waals surface area contributed by atoms with E-state index < -0.39 is 5.97 Å². The molecule has 1 N–H and O–H groups in total. The largest absolute Gasteiger partial charge is 0.492 e. The third-order valence-electron chi connectivity index (χ3n) is 5.57. The number of benzene rings is 3. The van der Waals surface area contributed by atoms with Gasteiger partial charge in [-0.1, -0.05) is 44.5 Å². The fourth-order valence-corrected chi connectivity index (χ4v) is 5.74. The number of ether oxygens (including phenoxy) is 2. The van der Waals surface area contributed by atoms with Gasteiger partial charge in [-0.3, -0.25) is 9.59 Å². The summed E-state index contributed by atoms with van der Waals surface area (Å²) in [6.07, 6.45) is -0.117. The molecule has 0 saturated carbocycles. The Morgan fingerprint density at radius 3 is 2.32 bits per heavy atom. The normalized spacial score (nSPS) is 11.0. The summed E-state index contributed by atoms with van der Waals surface area (Å²) in [5, 5.41) is 9.17. The zero-order valence-electron chi connectivity index (χ0n) is 21.3. The van der Waals surface area contributed by atoms with E-state index >= 15 is 0 Å². The summed E-state index contributed by atoms with van der Waals surface area (Å²) in [6.45, 7) is 8.74. The fourth-order valence-electron chi connectivity index (χ4n) is 3.81. The number of carbonyl (C=O) groups excluding carboxylic acids is 1. The number of aryl methyl sites for hydroxylation is 1. The predicted molar refractivity (Wildman–Crippen MR) is 157 cm³/mol. The number of carbonyl (C=O) groups is 2. The van der Waals surface area contributed by atoms with Crippen LogP contribution in [-0.4, -0.2) is 35.0 Å². The zero-order valence-corrected chi connectivity index (χ0v) is 25.3. The van der Waals surface area contributed by atoms with Crippen molar-refractivity contribution in [3.8, 4) is 17.2 Å². The van der Waals surface area contributed by atoms with Crippen LogP contribution in [0.25, 0.3) is 0 Å². The Balaban J connectivity index is 2.12. The predicted octanol–water partition coefficient (Wildman–Crippen LogP) is 8.43. The van der Waals surface area contributed by atoms with E-state index in [9.17, 15) is 9.59 Å². The third kappa shape index (κ3) is 7.85. The van der Waals surface area contributed by atoms with Crippen molar-refractivity contribution in [2.45, 2.75) is 40.0 Å². The van der Waals surface area contributed by atoms with E-state index in [1.807, 2.05) is 31.2 Å². The van der Waals surface area contributed by atoms with Crippen LogP contribution in [0, 0.1) is 6.92 Å². The van der Waals surface area contributed by atoms with E-state index in [2.05, 4.69) is 52.6 Å². The molecule has 0 aromatic heterocycles. The summed E-state index contributed by atoms with van der Waals surface area (Å²) in [4.78, 5) is 24.9. The highest BCUT2D eigenvalue weighted by Gasteiger charge is 2.23. The van der Waals surface area contributed by atoms with Crippen molar-refractivity contribution in [3.05, 3.63) is 85.3 Å². The van der Waals surface area contributed by atoms with Gasteiger partial charge in [-0.05, 0) is 86.3 Å². The summed E-state index contributed by atoms with van der Waals surface area (Å²) < 4.78 is 13.7. The number of hydrogen-bond acceptors (Lipinski definition) is 5.